The summed E-state index contributed by atoms with van der Waals surface area (Å²) in [6, 6.07) is 8.90. The van der Waals surface area contributed by atoms with Crippen LogP contribution in [0.5, 0.6) is 0 Å². The van der Waals surface area contributed by atoms with Crippen LogP contribution in [0.25, 0.3) is 0 Å². The number of hydrogen-bond acceptors (Lipinski definition) is 0. The lowest BCUT2D eigenvalue weighted by molar-refractivity contribution is 1.44. The molecule has 0 aliphatic rings. The van der Waals surface area contributed by atoms with Crippen LogP contribution in [0.4, 0.5) is 0 Å². The first-order valence-corrected chi connectivity index (χ1v) is 2.59. The first-order chi connectivity index (χ1) is 3.79. The lowest BCUT2D eigenvalue weighted by Gasteiger charge is -1.89. The highest BCUT2D eigenvalue weighted by Gasteiger charge is 1.80. The van der Waals surface area contributed by atoms with Gasteiger partial charge in [0.2, 0.25) is 0 Å². The Labute approximate surface area is 50.2 Å². The second-order valence-electron chi connectivity index (χ2n) is 1.89. The van der Waals surface area contributed by atoms with E-state index < -0.39 is 0 Å². The Kier molecular flexibility index (Phi) is 1.34. The van der Waals surface area contributed by atoms with Crippen LogP contribution in [0.1, 0.15) is 11.1 Å². The van der Waals surface area contributed by atoms with Crippen molar-refractivity contribution in [1.82, 2.24) is 0 Å². The zero-order valence-corrected chi connectivity index (χ0v) is 4.94. The van der Waals surface area contributed by atoms with Gasteiger partial charge in [-0.15, -0.1) is 0 Å². The van der Waals surface area contributed by atoms with Gasteiger partial charge >= 0.3 is 0 Å². The van der Waals surface area contributed by atoms with Crippen molar-refractivity contribution in [2.75, 3.05) is 0 Å². The molecule has 0 unspecified atom stereocenters. The molecule has 1 aromatic rings. The maximum atomic E-state index is 3.71. The summed E-state index contributed by atoms with van der Waals surface area (Å²) in [6.07, 6.45) is 0. The zero-order chi connectivity index (χ0) is 5.98. The quantitative estimate of drug-likeness (QED) is 0.472. The molecular formula is C8H8. The van der Waals surface area contributed by atoms with Crippen LogP contribution in [0.2, 0.25) is 0 Å². The highest BCUT2D eigenvalue weighted by molar-refractivity contribution is 5.21. The molecule has 0 atom stereocenters. The number of rotatable bonds is 0. The molecule has 0 nitrogen and oxygen atoms in total. The van der Waals surface area contributed by atoms with Gasteiger partial charge in [0, 0.05) is 0 Å². The third kappa shape index (κ3) is 1.09. The van der Waals surface area contributed by atoms with E-state index in [1.807, 2.05) is 25.1 Å². The molecule has 8 heavy (non-hydrogen) atoms. The molecule has 0 aromatic heterocycles. The molecule has 0 aliphatic heterocycles. The van der Waals surface area contributed by atoms with Crippen LogP contribution in [0.3, 0.4) is 0 Å². The van der Waals surface area contributed by atoms with Crippen LogP contribution in [0, 0.1) is 19.9 Å². The van der Waals surface area contributed by atoms with Crippen molar-refractivity contribution in [2.24, 2.45) is 0 Å². The SMILES string of the molecule is [CH2]c1[c]cc(C)cc1. The Morgan fingerprint density at radius 1 is 1.50 bits per heavy atom. The standard InChI is InChI=1S/C8H8/c1-7-3-5-8(2)6-4-7/h3,5-6H,1H2,2H3. The zero-order valence-electron chi connectivity index (χ0n) is 4.94. The third-order valence-corrected chi connectivity index (χ3v) is 1.03. The molecule has 0 fully saturated rings. The van der Waals surface area contributed by atoms with Gasteiger partial charge in [-0.05, 0) is 25.5 Å². The Hall–Kier alpha value is -0.780. The van der Waals surface area contributed by atoms with E-state index in [2.05, 4.69) is 13.0 Å². The summed E-state index contributed by atoms with van der Waals surface area (Å²) >= 11 is 0. The van der Waals surface area contributed by atoms with Gasteiger partial charge in [-0.1, -0.05) is 23.8 Å². The monoisotopic (exact) mass is 104 g/mol. The minimum absolute atomic E-state index is 0.954. The number of aryl methyl sites for hydroxylation is 1. The van der Waals surface area contributed by atoms with Gasteiger partial charge in [0.25, 0.3) is 0 Å². The van der Waals surface area contributed by atoms with Crippen molar-refractivity contribution in [2.45, 2.75) is 6.92 Å². The van der Waals surface area contributed by atoms with Gasteiger partial charge in [0.05, 0.1) is 0 Å². The molecule has 0 N–H and O–H groups in total. The van der Waals surface area contributed by atoms with Crippen LogP contribution < -0.4 is 0 Å². The topological polar surface area (TPSA) is 0 Å². The minimum Gasteiger partial charge on any atom is -0.0590 e. The van der Waals surface area contributed by atoms with E-state index in [0.29, 0.717) is 0 Å². The van der Waals surface area contributed by atoms with Gasteiger partial charge in [-0.2, -0.15) is 0 Å². The van der Waals surface area contributed by atoms with Gasteiger partial charge in [-0.3, -0.25) is 0 Å². The number of hydrogen-bond donors (Lipinski definition) is 0. The minimum atomic E-state index is 0.954. The second-order valence-corrected chi connectivity index (χ2v) is 1.89. The molecule has 0 aliphatic carbocycles. The van der Waals surface area contributed by atoms with Crippen molar-refractivity contribution in [3.05, 3.63) is 42.3 Å². The predicted molar refractivity (Wildman–Crippen MR) is 34.5 cm³/mol. The summed E-state index contributed by atoms with van der Waals surface area (Å²) in [6.45, 7) is 5.74. The first-order valence-electron chi connectivity index (χ1n) is 2.59. The fourth-order valence-corrected chi connectivity index (χ4v) is 0.535. The third-order valence-electron chi connectivity index (χ3n) is 1.03. The maximum Gasteiger partial charge on any atom is -0.0146 e. The Morgan fingerprint density at radius 3 is 2.62 bits per heavy atom. The van der Waals surface area contributed by atoms with Gasteiger partial charge in [0.15, 0.2) is 0 Å². The fraction of sp³-hybridized carbons (Fsp3) is 0.125. The average Bonchev–Trinajstić information content (AvgIpc) is 1.77. The number of benzene rings is 1. The molecule has 0 heterocycles. The molecule has 1 aromatic carbocycles. The first kappa shape index (κ1) is 5.36. The van der Waals surface area contributed by atoms with Crippen LogP contribution in [-0.2, 0) is 0 Å². The van der Waals surface area contributed by atoms with E-state index in [1.54, 1.807) is 0 Å². The molecule has 2 radical (unpaired) electrons. The van der Waals surface area contributed by atoms with Crippen LogP contribution in [-0.4, -0.2) is 0 Å². The predicted octanol–water partition coefficient (Wildman–Crippen LogP) is 1.98. The van der Waals surface area contributed by atoms with E-state index in [1.165, 1.54) is 5.56 Å². The lowest BCUT2D eigenvalue weighted by Crippen LogP contribution is -1.71. The highest BCUT2D eigenvalue weighted by atomic mass is 13.9. The van der Waals surface area contributed by atoms with Crippen molar-refractivity contribution < 1.29 is 0 Å². The maximum absolute atomic E-state index is 3.71. The molecule has 40 valence electrons. The summed E-state index contributed by atoms with van der Waals surface area (Å²) < 4.78 is 0. The molecule has 0 heteroatoms. The summed E-state index contributed by atoms with van der Waals surface area (Å²) in [5, 5.41) is 0. The Bertz CT molecular complexity index is 139. The van der Waals surface area contributed by atoms with Gasteiger partial charge in [-0.25, -0.2) is 0 Å². The average molecular weight is 104 g/mol. The molecule has 1 rings (SSSR count). The van der Waals surface area contributed by atoms with Crippen molar-refractivity contribution in [3.8, 4) is 0 Å². The largest absolute Gasteiger partial charge is 0.0590 e. The van der Waals surface area contributed by atoms with Crippen LogP contribution >= 0.6 is 0 Å². The molecule has 0 saturated carbocycles. The van der Waals surface area contributed by atoms with E-state index in [0.717, 1.165) is 5.56 Å². The highest BCUT2D eigenvalue weighted by Crippen LogP contribution is 1.98. The summed E-state index contributed by atoms with van der Waals surface area (Å²) in [7, 11) is 0. The second kappa shape index (κ2) is 1.99. The molecule has 0 amide bonds. The smallest absolute Gasteiger partial charge is 0.0146 e. The van der Waals surface area contributed by atoms with E-state index >= 15 is 0 Å². The van der Waals surface area contributed by atoms with E-state index in [9.17, 15) is 0 Å². The van der Waals surface area contributed by atoms with E-state index in [-0.39, 0.29) is 0 Å². The normalized spacial score (nSPS) is 9.25. The molecule has 0 saturated heterocycles. The van der Waals surface area contributed by atoms with Crippen LogP contribution in [0.15, 0.2) is 18.2 Å². The van der Waals surface area contributed by atoms with Crippen molar-refractivity contribution in [3.63, 3.8) is 0 Å². The Morgan fingerprint density at radius 2 is 2.25 bits per heavy atom. The summed E-state index contributed by atoms with van der Waals surface area (Å²) in [5.41, 5.74) is 2.19. The van der Waals surface area contributed by atoms with Crippen molar-refractivity contribution in [1.29, 1.82) is 0 Å². The Balaban J connectivity index is 3.03. The summed E-state index contributed by atoms with van der Waals surface area (Å²) in [4.78, 5) is 0. The van der Waals surface area contributed by atoms with Crippen molar-refractivity contribution >= 4 is 0 Å². The molecular weight excluding hydrogens is 96.1 g/mol. The molecule has 0 spiro atoms. The van der Waals surface area contributed by atoms with Gasteiger partial charge in [0.1, 0.15) is 0 Å². The fourth-order valence-electron chi connectivity index (χ4n) is 0.535. The molecule has 0 bridgehead atoms. The lowest BCUT2D eigenvalue weighted by atomic mass is 10.2. The summed E-state index contributed by atoms with van der Waals surface area (Å²) in [5.74, 6) is 0. The van der Waals surface area contributed by atoms with Gasteiger partial charge < -0.3 is 0 Å². The van der Waals surface area contributed by atoms with E-state index in [4.69, 9.17) is 0 Å².